The number of nitrogens with two attached hydrogens (primary N) is 1. The van der Waals surface area contributed by atoms with Crippen LogP contribution in [-0.2, 0) is 0 Å². The molecule has 2 N–H and O–H groups in total. The first-order chi connectivity index (χ1) is 8.09. The Balaban J connectivity index is 2.37. The van der Waals surface area contributed by atoms with Crippen LogP contribution in [0.3, 0.4) is 0 Å². The van der Waals surface area contributed by atoms with Crippen LogP contribution in [0.15, 0.2) is 22.7 Å². The highest BCUT2D eigenvalue weighted by Crippen LogP contribution is 2.32. The van der Waals surface area contributed by atoms with E-state index < -0.39 is 0 Å². The summed E-state index contributed by atoms with van der Waals surface area (Å²) in [5.41, 5.74) is 8.63. The van der Waals surface area contributed by atoms with Crippen LogP contribution in [0.4, 0.5) is 5.69 Å². The Labute approximate surface area is 112 Å². The van der Waals surface area contributed by atoms with Gasteiger partial charge in [-0.15, -0.1) is 0 Å². The Hall–Kier alpha value is -0.540. The summed E-state index contributed by atoms with van der Waals surface area (Å²) in [7, 11) is 0. The van der Waals surface area contributed by atoms with Crippen molar-refractivity contribution in [1.82, 2.24) is 0 Å². The number of piperidine rings is 1. The van der Waals surface area contributed by atoms with E-state index in [-0.39, 0.29) is 6.04 Å². The number of benzene rings is 1. The van der Waals surface area contributed by atoms with Crippen molar-refractivity contribution >= 4 is 21.6 Å². The Kier molecular flexibility index (Phi) is 4.10. The molecule has 0 bridgehead atoms. The molecule has 0 aromatic heterocycles. The number of rotatable bonds is 2. The fourth-order valence-electron chi connectivity index (χ4n) is 2.61. The lowest BCUT2D eigenvalue weighted by molar-refractivity contribution is 0.483. The van der Waals surface area contributed by atoms with E-state index in [1.165, 1.54) is 30.5 Å². The summed E-state index contributed by atoms with van der Waals surface area (Å²) >= 11 is 3.56. The van der Waals surface area contributed by atoms with Crippen LogP contribution < -0.4 is 10.6 Å². The van der Waals surface area contributed by atoms with E-state index in [1.54, 1.807) is 0 Å². The Bertz CT molecular complexity index is 390. The number of nitrogens with zero attached hydrogens (tertiary/aromatic N) is 1. The third kappa shape index (κ3) is 2.83. The van der Waals surface area contributed by atoms with Gasteiger partial charge >= 0.3 is 0 Å². The molecule has 1 heterocycles. The standard InChI is InChI=1S/C14H21BrN2/c1-10-5-3-4-8-17(10)14-9-12(15)6-7-13(14)11(2)16/h6-7,9-11H,3-5,8,16H2,1-2H3. The van der Waals surface area contributed by atoms with Crippen molar-refractivity contribution in [2.75, 3.05) is 11.4 Å². The fourth-order valence-corrected chi connectivity index (χ4v) is 2.96. The van der Waals surface area contributed by atoms with Gasteiger partial charge in [-0.25, -0.2) is 0 Å². The van der Waals surface area contributed by atoms with Gasteiger partial charge < -0.3 is 10.6 Å². The Morgan fingerprint density at radius 3 is 2.82 bits per heavy atom. The highest BCUT2D eigenvalue weighted by atomic mass is 79.9. The highest BCUT2D eigenvalue weighted by molar-refractivity contribution is 9.10. The quantitative estimate of drug-likeness (QED) is 0.898. The molecule has 0 radical (unpaired) electrons. The minimum Gasteiger partial charge on any atom is -0.369 e. The molecule has 1 aromatic rings. The summed E-state index contributed by atoms with van der Waals surface area (Å²) in [6, 6.07) is 7.14. The van der Waals surface area contributed by atoms with Crippen molar-refractivity contribution in [1.29, 1.82) is 0 Å². The van der Waals surface area contributed by atoms with Gasteiger partial charge in [-0.2, -0.15) is 0 Å². The van der Waals surface area contributed by atoms with Crippen LogP contribution in [0.1, 0.15) is 44.7 Å². The first-order valence-electron chi connectivity index (χ1n) is 6.41. The predicted octanol–water partition coefficient (Wildman–Crippen LogP) is 3.85. The lowest BCUT2D eigenvalue weighted by Crippen LogP contribution is -2.38. The molecule has 1 fully saturated rings. The zero-order valence-electron chi connectivity index (χ0n) is 10.6. The third-order valence-corrected chi connectivity index (χ3v) is 4.09. The zero-order chi connectivity index (χ0) is 12.4. The fraction of sp³-hybridized carbons (Fsp3) is 0.571. The van der Waals surface area contributed by atoms with Crippen LogP contribution in [0.25, 0.3) is 0 Å². The highest BCUT2D eigenvalue weighted by Gasteiger charge is 2.21. The van der Waals surface area contributed by atoms with Gasteiger partial charge in [0.25, 0.3) is 0 Å². The molecule has 0 aliphatic carbocycles. The maximum Gasteiger partial charge on any atom is 0.0428 e. The molecule has 1 aliphatic rings. The number of hydrogen-bond acceptors (Lipinski definition) is 2. The van der Waals surface area contributed by atoms with Gasteiger partial charge in [0.15, 0.2) is 0 Å². The predicted molar refractivity (Wildman–Crippen MR) is 77.4 cm³/mol. The molecule has 2 unspecified atom stereocenters. The van der Waals surface area contributed by atoms with E-state index in [4.69, 9.17) is 5.73 Å². The number of halogens is 1. The topological polar surface area (TPSA) is 29.3 Å². The first kappa shape index (κ1) is 12.9. The molecule has 0 amide bonds. The first-order valence-corrected chi connectivity index (χ1v) is 7.20. The molecular weight excluding hydrogens is 276 g/mol. The average molecular weight is 297 g/mol. The lowest BCUT2D eigenvalue weighted by Gasteiger charge is -2.37. The van der Waals surface area contributed by atoms with Gasteiger partial charge in [0.2, 0.25) is 0 Å². The van der Waals surface area contributed by atoms with Crippen molar-refractivity contribution in [2.45, 2.75) is 45.2 Å². The molecule has 94 valence electrons. The van der Waals surface area contributed by atoms with E-state index in [9.17, 15) is 0 Å². The summed E-state index contributed by atoms with van der Waals surface area (Å²) < 4.78 is 1.13. The van der Waals surface area contributed by atoms with E-state index in [2.05, 4.69) is 52.9 Å². The van der Waals surface area contributed by atoms with Gasteiger partial charge in [-0.3, -0.25) is 0 Å². The summed E-state index contributed by atoms with van der Waals surface area (Å²) in [6.07, 6.45) is 3.92. The van der Waals surface area contributed by atoms with Crippen molar-refractivity contribution in [3.8, 4) is 0 Å². The zero-order valence-corrected chi connectivity index (χ0v) is 12.2. The van der Waals surface area contributed by atoms with Crippen LogP contribution >= 0.6 is 15.9 Å². The minimum atomic E-state index is 0.0900. The number of anilines is 1. The third-order valence-electron chi connectivity index (χ3n) is 3.60. The lowest BCUT2D eigenvalue weighted by atomic mass is 9.99. The van der Waals surface area contributed by atoms with Crippen LogP contribution in [0, 0.1) is 0 Å². The SMILES string of the molecule is CC(N)c1ccc(Br)cc1N1CCCCC1C. The van der Waals surface area contributed by atoms with Gasteiger partial charge in [0.1, 0.15) is 0 Å². The van der Waals surface area contributed by atoms with E-state index in [0.717, 1.165) is 11.0 Å². The molecule has 2 rings (SSSR count). The Morgan fingerprint density at radius 2 is 2.18 bits per heavy atom. The summed E-state index contributed by atoms with van der Waals surface area (Å²) in [5, 5.41) is 0. The van der Waals surface area contributed by atoms with Gasteiger partial charge in [0, 0.05) is 28.8 Å². The molecule has 0 saturated carbocycles. The van der Waals surface area contributed by atoms with Gasteiger partial charge in [-0.1, -0.05) is 22.0 Å². The maximum absolute atomic E-state index is 6.07. The maximum atomic E-state index is 6.07. The molecule has 17 heavy (non-hydrogen) atoms. The second kappa shape index (κ2) is 5.40. The van der Waals surface area contributed by atoms with Crippen molar-refractivity contribution in [2.24, 2.45) is 5.73 Å². The number of hydrogen-bond donors (Lipinski definition) is 1. The normalized spacial score (nSPS) is 22.6. The largest absolute Gasteiger partial charge is 0.369 e. The minimum absolute atomic E-state index is 0.0900. The molecule has 3 heteroatoms. The molecule has 1 aromatic carbocycles. The second-order valence-corrected chi connectivity index (χ2v) is 5.95. The van der Waals surface area contributed by atoms with Gasteiger partial charge in [-0.05, 0) is 50.8 Å². The monoisotopic (exact) mass is 296 g/mol. The second-order valence-electron chi connectivity index (χ2n) is 5.03. The summed E-state index contributed by atoms with van der Waals surface area (Å²) in [5.74, 6) is 0. The molecule has 2 atom stereocenters. The molecular formula is C14H21BrN2. The van der Waals surface area contributed by atoms with Crippen molar-refractivity contribution in [3.05, 3.63) is 28.2 Å². The molecule has 1 saturated heterocycles. The molecule has 1 aliphatic heterocycles. The summed E-state index contributed by atoms with van der Waals surface area (Å²) in [6.45, 7) is 5.52. The van der Waals surface area contributed by atoms with E-state index >= 15 is 0 Å². The van der Waals surface area contributed by atoms with Crippen molar-refractivity contribution in [3.63, 3.8) is 0 Å². The average Bonchev–Trinajstić information content (AvgIpc) is 2.29. The van der Waals surface area contributed by atoms with E-state index in [0.29, 0.717) is 6.04 Å². The van der Waals surface area contributed by atoms with Crippen LogP contribution in [-0.4, -0.2) is 12.6 Å². The summed E-state index contributed by atoms with van der Waals surface area (Å²) in [4.78, 5) is 2.51. The smallest absolute Gasteiger partial charge is 0.0428 e. The molecule has 0 spiro atoms. The Morgan fingerprint density at radius 1 is 1.41 bits per heavy atom. The van der Waals surface area contributed by atoms with Crippen LogP contribution in [0.5, 0.6) is 0 Å². The van der Waals surface area contributed by atoms with E-state index in [1.807, 2.05) is 0 Å². The van der Waals surface area contributed by atoms with Crippen molar-refractivity contribution < 1.29 is 0 Å². The molecule has 2 nitrogen and oxygen atoms in total. The van der Waals surface area contributed by atoms with Gasteiger partial charge in [0.05, 0.1) is 0 Å². The van der Waals surface area contributed by atoms with Crippen LogP contribution in [0.2, 0.25) is 0 Å².